The van der Waals surface area contributed by atoms with Gasteiger partial charge in [-0.3, -0.25) is 4.99 Å². The van der Waals surface area contributed by atoms with Crippen LogP contribution in [-0.4, -0.2) is 34.8 Å². The predicted octanol–water partition coefficient (Wildman–Crippen LogP) is 4.46. The standard InChI is InChI=1S/C21H22ClN3O4S/c1-15(5-4-12-23-2)14-24-21(26)25-17-7-9-18(10-8-17)30(27,28)20-13-16(22)6-11-19(20)29-3/h4-13H,2,14H2,1,3H3,(H2,24,25,26)/b12-4-,15-5+. The van der Waals surface area contributed by atoms with Gasteiger partial charge in [0.15, 0.2) is 0 Å². The third-order valence-corrected chi connectivity index (χ3v) is 5.96. The SMILES string of the molecule is C=N/C=C\C=C(/C)CNC(=O)Nc1ccc(S(=O)(=O)c2cc(Cl)ccc2OC)cc1. The van der Waals surface area contributed by atoms with Gasteiger partial charge in [0.05, 0.1) is 12.0 Å². The zero-order chi connectivity index (χ0) is 22.1. The van der Waals surface area contributed by atoms with Crippen molar-refractivity contribution in [3.05, 3.63) is 71.4 Å². The quantitative estimate of drug-likeness (QED) is 0.461. The van der Waals surface area contributed by atoms with Crippen LogP contribution in [0.3, 0.4) is 0 Å². The Balaban J connectivity index is 2.09. The minimum Gasteiger partial charge on any atom is -0.495 e. The minimum absolute atomic E-state index is 0.0288. The maximum atomic E-state index is 12.9. The van der Waals surface area contributed by atoms with Gasteiger partial charge in [-0.2, -0.15) is 0 Å². The molecule has 2 aromatic rings. The fourth-order valence-electron chi connectivity index (χ4n) is 2.43. The van der Waals surface area contributed by atoms with Crippen LogP contribution < -0.4 is 15.4 Å². The number of sulfone groups is 1. The van der Waals surface area contributed by atoms with E-state index in [1.165, 1.54) is 49.7 Å². The number of carbonyl (C=O) groups is 1. The topological polar surface area (TPSA) is 96.9 Å². The second kappa shape index (κ2) is 10.6. The number of amides is 2. The minimum atomic E-state index is -3.85. The average molecular weight is 448 g/mol. The molecule has 0 unspecified atom stereocenters. The summed E-state index contributed by atoms with van der Waals surface area (Å²) >= 11 is 5.95. The first-order chi connectivity index (χ1) is 14.3. The highest BCUT2D eigenvalue weighted by Gasteiger charge is 2.22. The number of nitrogens with zero attached hydrogens (tertiary/aromatic N) is 1. The van der Waals surface area contributed by atoms with E-state index in [0.29, 0.717) is 12.2 Å². The fraction of sp³-hybridized carbons (Fsp3) is 0.143. The summed E-state index contributed by atoms with van der Waals surface area (Å²) in [6.07, 6.45) is 5.06. The van der Waals surface area contributed by atoms with E-state index < -0.39 is 15.9 Å². The van der Waals surface area contributed by atoms with E-state index in [1.807, 2.05) is 6.92 Å². The maximum Gasteiger partial charge on any atom is 0.319 e. The number of urea groups is 1. The molecule has 30 heavy (non-hydrogen) atoms. The molecule has 0 saturated heterocycles. The summed E-state index contributed by atoms with van der Waals surface area (Å²) in [5, 5.41) is 5.63. The Morgan fingerprint density at radius 1 is 1.23 bits per heavy atom. The van der Waals surface area contributed by atoms with Gasteiger partial charge >= 0.3 is 6.03 Å². The monoisotopic (exact) mass is 447 g/mol. The Labute approximate surface area is 181 Å². The summed E-state index contributed by atoms with van der Waals surface area (Å²) in [6.45, 7) is 5.53. The van der Waals surface area contributed by atoms with E-state index in [-0.39, 0.29) is 20.6 Å². The first-order valence-electron chi connectivity index (χ1n) is 8.79. The van der Waals surface area contributed by atoms with Crippen LogP contribution in [-0.2, 0) is 9.84 Å². The van der Waals surface area contributed by atoms with E-state index in [1.54, 1.807) is 18.2 Å². The third kappa shape index (κ3) is 6.20. The summed E-state index contributed by atoms with van der Waals surface area (Å²) in [5.41, 5.74) is 1.36. The third-order valence-electron chi connectivity index (χ3n) is 3.94. The van der Waals surface area contributed by atoms with Crippen molar-refractivity contribution in [2.75, 3.05) is 19.0 Å². The van der Waals surface area contributed by atoms with Crippen molar-refractivity contribution in [2.45, 2.75) is 16.7 Å². The molecule has 2 N–H and O–H groups in total. The summed E-state index contributed by atoms with van der Waals surface area (Å²) in [6, 6.07) is 9.79. The number of benzene rings is 2. The molecule has 7 nitrogen and oxygen atoms in total. The molecule has 9 heteroatoms. The van der Waals surface area contributed by atoms with Crippen LogP contribution in [0.2, 0.25) is 5.02 Å². The van der Waals surface area contributed by atoms with Gasteiger partial charge in [-0.1, -0.05) is 23.3 Å². The molecule has 0 aliphatic heterocycles. The van der Waals surface area contributed by atoms with Crippen LogP contribution in [0.25, 0.3) is 0 Å². The second-order valence-corrected chi connectivity index (χ2v) is 8.52. The van der Waals surface area contributed by atoms with Crippen molar-refractivity contribution in [1.29, 1.82) is 0 Å². The van der Waals surface area contributed by atoms with Gasteiger partial charge in [0.25, 0.3) is 0 Å². The van der Waals surface area contributed by atoms with Crippen LogP contribution >= 0.6 is 11.6 Å². The van der Waals surface area contributed by atoms with Crippen LogP contribution in [0.15, 0.2) is 81.2 Å². The van der Waals surface area contributed by atoms with Gasteiger partial charge in [-0.05, 0) is 62.2 Å². The number of ether oxygens (including phenoxy) is 1. The number of aliphatic imine (C=N–C) groups is 1. The molecule has 0 heterocycles. The normalized spacial score (nSPS) is 11.9. The molecular formula is C21H22ClN3O4S. The highest BCUT2D eigenvalue weighted by atomic mass is 35.5. The van der Waals surface area contributed by atoms with Crippen molar-refractivity contribution < 1.29 is 17.9 Å². The van der Waals surface area contributed by atoms with E-state index in [4.69, 9.17) is 16.3 Å². The Bertz CT molecular complexity index is 1080. The smallest absolute Gasteiger partial charge is 0.319 e. The van der Waals surface area contributed by atoms with Gasteiger partial charge in [0.2, 0.25) is 9.84 Å². The number of methoxy groups -OCH3 is 1. The number of hydrogen-bond donors (Lipinski definition) is 2. The number of halogens is 1. The molecule has 0 aliphatic rings. The zero-order valence-corrected chi connectivity index (χ0v) is 18.1. The van der Waals surface area contributed by atoms with Crippen LogP contribution in [0.5, 0.6) is 5.75 Å². The fourth-order valence-corrected chi connectivity index (χ4v) is 4.11. The van der Waals surface area contributed by atoms with Crippen molar-refractivity contribution in [3.8, 4) is 5.75 Å². The molecule has 0 aromatic heterocycles. The molecule has 2 amide bonds. The van der Waals surface area contributed by atoms with Gasteiger partial charge in [-0.25, -0.2) is 13.2 Å². The lowest BCUT2D eigenvalue weighted by Crippen LogP contribution is -2.29. The zero-order valence-electron chi connectivity index (χ0n) is 16.6. The largest absolute Gasteiger partial charge is 0.495 e. The van der Waals surface area contributed by atoms with E-state index in [2.05, 4.69) is 22.3 Å². The van der Waals surface area contributed by atoms with Crippen molar-refractivity contribution in [2.24, 2.45) is 4.99 Å². The second-order valence-electron chi connectivity index (χ2n) is 6.17. The molecule has 0 bridgehead atoms. The highest BCUT2D eigenvalue weighted by molar-refractivity contribution is 7.91. The molecule has 0 radical (unpaired) electrons. The molecule has 2 rings (SSSR count). The van der Waals surface area contributed by atoms with Crippen molar-refractivity contribution in [1.82, 2.24) is 5.32 Å². The van der Waals surface area contributed by atoms with E-state index >= 15 is 0 Å². The molecular weight excluding hydrogens is 426 g/mol. The number of allylic oxidation sites excluding steroid dienone is 2. The molecule has 0 spiro atoms. The summed E-state index contributed by atoms with van der Waals surface area (Å²) in [7, 11) is -2.46. The summed E-state index contributed by atoms with van der Waals surface area (Å²) in [4.78, 5) is 15.6. The Kier molecular flexibility index (Phi) is 8.20. The molecule has 158 valence electrons. The lowest BCUT2D eigenvalue weighted by molar-refractivity contribution is 0.253. The maximum absolute atomic E-state index is 12.9. The lowest BCUT2D eigenvalue weighted by Gasteiger charge is -2.11. The van der Waals surface area contributed by atoms with Crippen molar-refractivity contribution >= 4 is 39.9 Å². The van der Waals surface area contributed by atoms with Gasteiger partial charge in [-0.15, -0.1) is 0 Å². The average Bonchev–Trinajstić information content (AvgIpc) is 2.73. The van der Waals surface area contributed by atoms with Crippen molar-refractivity contribution in [3.63, 3.8) is 0 Å². The predicted molar refractivity (Wildman–Crippen MR) is 119 cm³/mol. The lowest BCUT2D eigenvalue weighted by atomic mass is 10.3. The van der Waals surface area contributed by atoms with Crippen LogP contribution in [0.1, 0.15) is 6.92 Å². The van der Waals surface area contributed by atoms with Gasteiger partial charge in [0, 0.05) is 23.5 Å². The van der Waals surface area contributed by atoms with Crippen LogP contribution in [0.4, 0.5) is 10.5 Å². The van der Waals surface area contributed by atoms with Crippen LogP contribution in [0, 0.1) is 0 Å². The Morgan fingerprint density at radius 2 is 1.93 bits per heavy atom. The first-order valence-corrected chi connectivity index (χ1v) is 10.7. The molecule has 0 aliphatic carbocycles. The molecule has 0 saturated carbocycles. The summed E-state index contributed by atoms with van der Waals surface area (Å²) < 4.78 is 31.0. The molecule has 0 fully saturated rings. The number of rotatable bonds is 8. The van der Waals surface area contributed by atoms with E-state index in [9.17, 15) is 13.2 Å². The summed E-state index contributed by atoms with van der Waals surface area (Å²) in [5.74, 6) is 0.197. The Hall–Kier alpha value is -3.10. The number of carbonyl (C=O) groups excluding carboxylic acids is 1. The van der Waals surface area contributed by atoms with Gasteiger partial charge < -0.3 is 15.4 Å². The number of nitrogens with one attached hydrogen (secondary N) is 2. The molecule has 0 atom stereocenters. The number of hydrogen-bond acceptors (Lipinski definition) is 5. The first kappa shape index (κ1) is 23.2. The van der Waals surface area contributed by atoms with Gasteiger partial charge in [0.1, 0.15) is 10.6 Å². The van der Waals surface area contributed by atoms with E-state index in [0.717, 1.165) is 5.57 Å². The highest BCUT2D eigenvalue weighted by Crippen LogP contribution is 2.32. The molecule has 2 aromatic carbocycles. The number of anilines is 1. The Morgan fingerprint density at radius 3 is 2.57 bits per heavy atom.